The molecule has 0 bridgehead atoms. The Balaban J connectivity index is 2.23. The lowest BCUT2D eigenvalue weighted by Gasteiger charge is -2.13. The highest BCUT2D eigenvalue weighted by Crippen LogP contribution is 2.30. The predicted octanol–water partition coefficient (Wildman–Crippen LogP) is 3.20. The van der Waals surface area contributed by atoms with Gasteiger partial charge in [0.1, 0.15) is 16.4 Å². The van der Waals surface area contributed by atoms with Crippen molar-refractivity contribution in [3.05, 3.63) is 53.6 Å². The molecule has 0 radical (unpaired) electrons. The summed E-state index contributed by atoms with van der Waals surface area (Å²) in [5.41, 5.74) is -0.655. The molecule has 0 fully saturated rings. The van der Waals surface area contributed by atoms with Crippen LogP contribution >= 0.6 is 0 Å². The van der Waals surface area contributed by atoms with E-state index < -0.39 is 21.8 Å². The van der Waals surface area contributed by atoms with Crippen LogP contribution in [-0.4, -0.2) is 22.6 Å². The van der Waals surface area contributed by atoms with Crippen molar-refractivity contribution in [1.29, 1.82) is 0 Å². The molecule has 0 aliphatic carbocycles. The van der Waals surface area contributed by atoms with E-state index in [1.807, 2.05) is 0 Å². The Labute approximate surface area is 143 Å². The summed E-state index contributed by atoms with van der Waals surface area (Å²) in [6.07, 6.45) is -4.49. The van der Waals surface area contributed by atoms with Crippen LogP contribution in [0.1, 0.15) is 11.1 Å². The summed E-state index contributed by atoms with van der Waals surface area (Å²) >= 11 is 0. The molecule has 0 spiro atoms. The predicted molar refractivity (Wildman–Crippen MR) is 85.0 cm³/mol. The van der Waals surface area contributed by atoms with Crippen molar-refractivity contribution in [2.75, 3.05) is 14.2 Å². The van der Waals surface area contributed by atoms with Crippen LogP contribution in [-0.2, 0) is 22.7 Å². The number of rotatable bonds is 6. The number of methoxy groups -OCH3 is 2. The standard InChI is InChI=1S/C16H16F3NO4S/c1-23-13-6-7-15(14(9-13)24-2)25(21,22)20-10-11-4-3-5-12(8-11)16(17,18)19/h3-9,20H,10H2,1-2H3. The van der Waals surface area contributed by atoms with Gasteiger partial charge in [-0.15, -0.1) is 0 Å². The number of nitrogens with one attached hydrogen (secondary N) is 1. The lowest BCUT2D eigenvalue weighted by Crippen LogP contribution is -2.24. The molecule has 2 aromatic rings. The topological polar surface area (TPSA) is 64.6 Å². The maximum absolute atomic E-state index is 12.7. The third kappa shape index (κ3) is 4.64. The average Bonchev–Trinajstić information content (AvgIpc) is 2.59. The second kappa shape index (κ2) is 7.32. The van der Waals surface area contributed by atoms with Gasteiger partial charge in [-0.3, -0.25) is 0 Å². The van der Waals surface area contributed by atoms with Crippen LogP contribution in [0.2, 0.25) is 0 Å². The van der Waals surface area contributed by atoms with Crippen molar-refractivity contribution in [2.45, 2.75) is 17.6 Å². The van der Waals surface area contributed by atoms with E-state index in [9.17, 15) is 21.6 Å². The first-order chi connectivity index (χ1) is 11.7. The fourth-order valence-electron chi connectivity index (χ4n) is 2.11. The summed E-state index contributed by atoms with van der Waals surface area (Å²) < 4.78 is 75.3. The quantitative estimate of drug-likeness (QED) is 0.842. The monoisotopic (exact) mass is 375 g/mol. The maximum atomic E-state index is 12.7. The summed E-state index contributed by atoms with van der Waals surface area (Å²) in [7, 11) is -1.25. The number of benzene rings is 2. The fourth-order valence-corrected chi connectivity index (χ4v) is 3.28. The number of alkyl halides is 3. The van der Waals surface area contributed by atoms with Gasteiger partial charge < -0.3 is 9.47 Å². The van der Waals surface area contributed by atoms with Gasteiger partial charge in [-0.2, -0.15) is 13.2 Å². The Morgan fingerprint density at radius 3 is 2.36 bits per heavy atom. The molecule has 0 aromatic heterocycles. The summed E-state index contributed by atoms with van der Waals surface area (Å²) in [5, 5.41) is 0. The number of halogens is 3. The van der Waals surface area contributed by atoms with Gasteiger partial charge in [0.15, 0.2) is 0 Å². The molecule has 0 saturated carbocycles. The van der Waals surface area contributed by atoms with E-state index in [1.165, 1.54) is 44.6 Å². The molecular weight excluding hydrogens is 359 g/mol. The normalized spacial score (nSPS) is 12.0. The van der Waals surface area contributed by atoms with Gasteiger partial charge in [0.05, 0.1) is 19.8 Å². The van der Waals surface area contributed by atoms with E-state index in [-0.39, 0.29) is 22.8 Å². The fraction of sp³-hybridized carbons (Fsp3) is 0.250. The van der Waals surface area contributed by atoms with E-state index in [1.54, 1.807) is 0 Å². The lowest BCUT2D eigenvalue weighted by atomic mass is 10.1. The van der Waals surface area contributed by atoms with Crippen molar-refractivity contribution in [2.24, 2.45) is 0 Å². The molecule has 0 amide bonds. The van der Waals surface area contributed by atoms with E-state index in [0.717, 1.165) is 12.1 Å². The van der Waals surface area contributed by atoms with Gasteiger partial charge in [-0.25, -0.2) is 13.1 Å². The first-order valence-corrected chi connectivity index (χ1v) is 8.53. The summed E-state index contributed by atoms with van der Waals surface area (Å²) in [6, 6.07) is 8.59. The first-order valence-electron chi connectivity index (χ1n) is 7.05. The van der Waals surface area contributed by atoms with Crippen LogP contribution in [0.4, 0.5) is 13.2 Å². The Morgan fingerprint density at radius 2 is 1.76 bits per heavy atom. The van der Waals surface area contributed by atoms with Crippen molar-refractivity contribution in [3.8, 4) is 11.5 Å². The Hall–Kier alpha value is -2.26. The van der Waals surface area contributed by atoms with Crippen LogP contribution < -0.4 is 14.2 Å². The Bertz CT molecular complexity index is 851. The van der Waals surface area contributed by atoms with Crippen molar-refractivity contribution in [1.82, 2.24) is 4.72 Å². The number of ether oxygens (including phenoxy) is 2. The van der Waals surface area contributed by atoms with E-state index in [2.05, 4.69) is 4.72 Å². The molecule has 2 aromatic carbocycles. The number of hydrogen-bond donors (Lipinski definition) is 1. The van der Waals surface area contributed by atoms with E-state index >= 15 is 0 Å². The molecule has 9 heteroatoms. The third-order valence-electron chi connectivity index (χ3n) is 3.38. The highest BCUT2D eigenvalue weighted by molar-refractivity contribution is 7.89. The molecule has 1 N–H and O–H groups in total. The molecule has 25 heavy (non-hydrogen) atoms. The van der Waals surface area contributed by atoms with Gasteiger partial charge >= 0.3 is 6.18 Å². The highest BCUT2D eigenvalue weighted by atomic mass is 32.2. The second-order valence-electron chi connectivity index (χ2n) is 5.04. The van der Waals surface area contributed by atoms with Crippen LogP contribution in [0.5, 0.6) is 11.5 Å². The number of sulfonamides is 1. The number of hydrogen-bond acceptors (Lipinski definition) is 4. The molecule has 5 nitrogen and oxygen atoms in total. The van der Waals surface area contributed by atoms with Crippen molar-refractivity contribution >= 4 is 10.0 Å². The van der Waals surface area contributed by atoms with Gasteiger partial charge in [-0.1, -0.05) is 18.2 Å². The van der Waals surface area contributed by atoms with Crippen LogP contribution in [0.25, 0.3) is 0 Å². The minimum Gasteiger partial charge on any atom is -0.497 e. The van der Waals surface area contributed by atoms with Crippen LogP contribution in [0, 0.1) is 0 Å². The van der Waals surface area contributed by atoms with Crippen LogP contribution in [0.3, 0.4) is 0 Å². The van der Waals surface area contributed by atoms with Crippen LogP contribution in [0.15, 0.2) is 47.4 Å². The minimum absolute atomic E-state index is 0.0656. The highest BCUT2D eigenvalue weighted by Gasteiger charge is 2.30. The third-order valence-corrected chi connectivity index (χ3v) is 4.82. The van der Waals surface area contributed by atoms with Gasteiger partial charge in [0.2, 0.25) is 10.0 Å². The molecule has 0 saturated heterocycles. The van der Waals surface area contributed by atoms with Crippen molar-refractivity contribution in [3.63, 3.8) is 0 Å². The Morgan fingerprint density at radius 1 is 1.04 bits per heavy atom. The van der Waals surface area contributed by atoms with Gasteiger partial charge in [0, 0.05) is 12.6 Å². The molecule has 0 aliphatic heterocycles. The van der Waals surface area contributed by atoms with Gasteiger partial charge in [-0.05, 0) is 23.8 Å². The summed E-state index contributed by atoms with van der Waals surface area (Å²) in [4.78, 5) is -0.136. The first kappa shape index (κ1) is 19.1. The maximum Gasteiger partial charge on any atom is 0.416 e. The Kier molecular flexibility index (Phi) is 5.58. The second-order valence-corrected chi connectivity index (χ2v) is 6.77. The smallest absolute Gasteiger partial charge is 0.416 e. The average molecular weight is 375 g/mol. The zero-order valence-electron chi connectivity index (χ0n) is 13.4. The van der Waals surface area contributed by atoms with E-state index in [0.29, 0.717) is 5.75 Å². The molecule has 0 aliphatic rings. The summed E-state index contributed by atoms with van der Waals surface area (Å²) in [6.45, 7) is -0.290. The largest absolute Gasteiger partial charge is 0.497 e. The minimum atomic E-state index is -4.49. The van der Waals surface area contributed by atoms with Gasteiger partial charge in [0.25, 0.3) is 0 Å². The zero-order valence-corrected chi connectivity index (χ0v) is 14.2. The molecule has 2 rings (SSSR count). The SMILES string of the molecule is COc1ccc(S(=O)(=O)NCc2cccc(C(F)(F)F)c2)c(OC)c1. The van der Waals surface area contributed by atoms with E-state index in [4.69, 9.17) is 9.47 Å². The molecular formula is C16H16F3NO4S. The summed E-state index contributed by atoms with van der Waals surface area (Å²) in [5.74, 6) is 0.476. The molecule has 0 atom stereocenters. The lowest BCUT2D eigenvalue weighted by molar-refractivity contribution is -0.137. The molecule has 0 unspecified atom stereocenters. The zero-order chi connectivity index (χ0) is 18.7. The van der Waals surface area contributed by atoms with Crippen molar-refractivity contribution < 1.29 is 31.1 Å². The molecule has 136 valence electrons. The molecule has 0 heterocycles.